The molecule has 7 heteroatoms. The molecular formula is C16H20F3NO3. The lowest BCUT2D eigenvalue weighted by atomic mass is 10.1. The van der Waals surface area contributed by atoms with Crippen molar-refractivity contribution >= 4 is 5.91 Å². The first-order valence-electron chi connectivity index (χ1n) is 6.96. The van der Waals surface area contributed by atoms with E-state index in [0.717, 1.165) is 10.5 Å². The fraction of sp³-hybridized carbons (Fsp3) is 0.438. The molecule has 0 fully saturated rings. The third kappa shape index (κ3) is 6.63. The van der Waals surface area contributed by atoms with Crippen LogP contribution < -0.4 is 9.47 Å². The van der Waals surface area contributed by atoms with Crippen LogP contribution in [0.3, 0.4) is 0 Å². The molecule has 1 rings (SSSR count). The van der Waals surface area contributed by atoms with Gasteiger partial charge in [-0.25, -0.2) is 0 Å². The van der Waals surface area contributed by atoms with E-state index in [0.29, 0.717) is 11.5 Å². The fourth-order valence-electron chi connectivity index (χ4n) is 2.05. The maximum absolute atomic E-state index is 12.5. The van der Waals surface area contributed by atoms with Crippen molar-refractivity contribution in [2.45, 2.75) is 19.0 Å². The Morgan fingerprint density at radius 1 is 1.22 bits per heavy atom. The van der Waals surface area contributed by atoms with Crippen LogP contribution in [0.2, 0.25) is 0 Å². The minimum atomic E-state index is -4.43. The molecule has 0 radical (unpaired) electrons. The first-order valence-corrected chi connectivity index (χ1v) is 6.96. The van der Waals surface area contributed by atoms with Gasteiger partial charge in [0.05, 0.1) is 14.2 Å². The highest BCUT2D eigenvalue weighted by molar-refractivity contribution is 5.76. The topological polar surface area (TPSA) is 38.8 Å². The smallest absolute Gasteiger partial charge is 0.406 e. The summed E-state index contributed by atoms with van der Waals surface area (Å²) in [5, 5.41) is 0. The van der Waals surface area contributed by atoms with Gasteiger partial charge in [0.1, 0.15) is 18.0 Å². The highest BCUT2D eigenvalue weighted by atomic mass is 19.4. The second kappa shape index (κ2) is 8.45. The summed E-state index contributed by atoms with van der Waals surface area (Å²) in [5.74, 6) is 0.541. The number of nitrogens with zero attached hydrogens (tertiary/aromatic N) is 1. The summed E-state index contributed by atoms with van der Waals surface area (Å²) < 4.78 is 47.7. The van der Waals surface area contributed by atoms with E-state index >= 15 is 0 Å². The molecule has 1 aromatic carbocycles. The van der Waals surface area contributed by atoms with Crippen LogP contribution in [-0.2, 0) is 11.2 Å². The molecule has 1 amide bonds. The standard InChI is InChI=1S/C16H20F3NO3/c1-4-7-20(11-16(17,18)19)15(21)6-5-12-8-13(22-2)10-14(9-12)23-3/h4,8-10H,1,5-7,11H2,2-3H3. The summed E-state index contributed by atoms with van der Waals surface area (Å²) in [6.45, 7) is 1.96. The second-order valence-electron chi connectivity index (χ2n) is 4.90. The molecule has 0 atom stereocenters. The third-order valence-corrected chi connectivity index (χ3v) is 3.11. The summed E-state index contributed by atoms with van der Waals surface area (Å²) in [4.78, 5) is 12.7. The van der Waals surface area contributed by atoms with Gasteiger partial charge in [-0.15, -0.1) is 6.58 Å². The van der Waals surface area contributed by atoms with Crippen molar-refractivity contribution < 1.29 is 27.4 Å². The number of alkyl halides is 3. The molecule has 0 unspecified atom stereocenters. The van der Waals surface area contributed by atoms with Crippen molar-refractivity contribution in [3.05, 3.63) is 36.4 Å². The van der Waals surface area contributed by atoms with Gasteiger partial charge in [-0.3, -0.25) is 4.79 Å². The van der Waals surface area contributed by atoms with E-state index in [9.17, 15) is 18.0 Å². The Kier molecular flexibility index (Phi) is 6.93. The first-order chi connectivity index (χ1) is 10.8. The van der Waals surface area contributed by atoms with E-state index in [1.807, 2.05) is 0 Å². The Morgan fingerprint density at radius 2 is 1.78 bits per heavy atom. The van der Waals surface area contributed by atoms with Gasteiger partial charge >= 0.3 is 6.18 Å². The van der Waals surface area contributed by atoms with Crippen molar-refractivity contribution in [1.29, 1.82) is 0 Å². The van der Waals surface area contributed by atoms with Gasteiger partial charge in [0.15, 0.2) is 0 Å². The van der Waals surface area contributed by atoms with E-state index in [4.69, 9.17) is 9.47 Å². The Bertz CT molecular complexity index is 522. The number of aryl methyl sites for hydroxylation is 1. The second-order valence-corrected chi connectivity index (χ2v) is 4.90. The highest BCUT2D eigenvalue weighted by Crippen LogP contribution is 2.24. The van der Waals surface area contributed by atoms with Gasteiger partial charge in [-0.2, -0.15) is 13.2 Å². The number of rotatable bonds is 8. The molecular weight excluding hydrogens is 311 g/mol. The van der Waals surface area contributed by atoms with Crippen molar-refractivity contribution in [3.8, 4) is 11.5 Å². The SMILES string of the molecule is C=CCN(CC(F)(F)F)C(=O)CCc1cc(OC)cc(OC)c1. The number of hydrogen-bond acceptors (Lipinski definition) is 3. The lowest BCUT2D eigenvalue weighted by molar-refractivity contribution is -0.160. The monoisotopic (exact) mass is 331 g/mol. The number of ether oxygens (including phenoxy) is 2. The number of methoxy groups -OCH3 is 2. The largest absolute Gasteiger partial charge is 0.497 e. The maximum Gasteiger partial charge on any atom is 0.406 e. The summed E-state index contributed by atoms with van der Waals surface area (Å²) in [7, 11) is 3.00. The molecule has 0 aliphatic heterocycles. The normalized spacial score (nSPS) is 11.0. The summed E-state index contributed by atoms with van der Waals surface area (Å²) in [5.41, 5.74) is 0.750. The van der Waals surface area contributed by atoms with Crippen LogP contribution in [-0.4, -0.2) is 44.3 Å². The Labute approximate surface area is 133 Å². The van der Waals surface area contributed by atoms with E-state index in [1.165, 1.54) is 20.3 Å². The highest BCUT2D eigenvalue weighted by Gasteiger charge is 2.32. The van der Waals surface area contributed by atoms with Gasteiger partial charge in [0.2, 0.25) is 5.91 Å². The minimum Gasteiger partial charge on any atom is -0.497 e. The van der Waals surface area contributed by atoms with E-state index in [1.54, 1.807) is 18.2 Å². The summed E-state index contributed by atoms with van der Waals surface area (Å²) in [6, 6.07) is 5.12. The molecule has 0 aliphatic rings. The van der Waals surface area contributed by atoms with Gasteiger partial charge in [0.25, 0.3) is 0 Å². The number of carbonyl (C=O) groups is 1. The molecule has 0 heterocycles. The number of benzene rings is 1. The van der Waals surface area contributed by atoms with Crippen LogP contribution in [0.5, 0.6) is 11.5 Å². The number of amides is 1. The first kappa shape index (κ1) is 18.9. The molecule has 0 saturated heterocycles. The average Bonchev–Trinajstić information content (AvgIpc) is 2.50. The molecule has 23 heavy (non-hydrogen) atoms. The lowest BCUT2D eigenvalue weighted by Gasteiger charge is -2.22. The van der Waals surface area contributed by atoms with Crippen LogP contribution in [0, 0.1) is 0 Å². The van der Waals surface area contributed by atoms with Crippen LogP contribution in [0.4, 0.5) is 13.2 Å². The van der Waals surface area contributed by atoms with Crippen molar-refractivity contribution in [2.75, 3.05) is 27.3 Å². The van der Waals surface area contributed by atoms with Crippen LogP contribution in [0.1, 0.15) is 12.0 Å². The molecule has 0 N–H and O–H groups in total. The average molecular weight is 331 g/mol. The molecule has 0 aliphatic carbocycles. The number of halogens is 3. The molecule has 1 aromatic rings. The molecule has 128 valence electrons. The molecule has 0 aromatic heterocycles. The van der Waals surface area contributed by atoms with E-state index < -0.39 is 18.6 Å². The Morgan fingerprint density at radius 3 is 2.22 bits per heavy atom. The van der Waals surface area contributed by atoms with E-state index in [2.05, 4.69) is 6.58 Å². The molecule has 0 bridgehead atoms. The number of carbonyl (C=O) groups excluding carboxylic acids is 1. The predicted molar refractivity (Wildman–Crippen MR) is 80.7 cm³/mol. The lowest BCUT2D eigenvalue weighted by Crippen LogP contribution is -2.39. The summed E-state index contributed by atoms with van der Waals surface area (Å²) >= 11 is 0. The van der Waals surface area contributed by atoms with Gasteiger partial charge in [-0.1, -0.05) is 6.08 Å². The minimum absolute atomic E-state index is 0.0414. The zero-order valence-electron chi connectivity index (χ0n) is 13.2. The maximum atomic E-state index is 12.5. The Balaban J connectivity index is 2.74. The van der Waals surface area contributed by atoms with Crippen LogP contribution in [0.15, 0.2) is 30.9 Å². The van der Waals surface area contributed by atoms with Gasteiger partial charge in [0, 0.05) is 19.0 Å². The Hall–Kier alpha value is -2.18. The van der Waals surface area contributed by atoms with Crippen molar-refractivity contribution in [2.24, 2.45) is 0 Å². The van der Waals surface area contributed by atoms with Gasteiger partial charge < -0.3 is 14.4 Å². The zero-order valence-corrected chi connectivity index (χ0v) is 13.2. The van der Waals surface area contributed by atoms with Crippen molar-refractivity contribution in [1.82, 2.24) is 4.90 Å². The third-order valence-electron chi connectivity index (χ3n) is 3.11. The summed E-state index contributed by atoms with van der Waals surface area (Å²) in [6.07, 6.45) is -2.91. The molecule has 0 saturated carbocycles. The molecule has 0 spiro atoms. The van der Waals surface area contributed by atoms with Crippen LogP contribution in [0.25, 0.3) is 0 Å². The van der Waals surface area contributed by atoms with Crippen LogP contribution >= 0.6 is 0 Å². The zero-order chi connectivity index (χ0) is 17.5. The fourth-order valence-corrected chi connectivity index (χ4v) is 2.05. The van der Waals surface area contributed by atoms with Crippen molar-refractivity contribution in [3.63, 3.8) is 0 Å². The predicted octanol–water partition coefficient (Wildman–Crippen LogP) is 3.21. The number of hydrogen-bond donors (Lipinski definition) is 0. The van der Waals surface area contributed by atoms with Gasteiger partial charge in [-0.05, 0) is 24.1 Å². The molecule has 4 nitrogen and oxygen atoms in total. The van der Waals surface area contributed by atoms with E-state index in [-0.39, 0.29) is 19.4 Å². The quantitative estimate of drug-likeness (QED) is 0.687.